The lowest BCUT2D eigenvalue weighted by Gasteiger charge is -2.05. The maximum Gasteiger partial charge on any atom is 0.148 e. The summed E-state index contributed by atoms with van der Waals surface area (Å²) in [5, 5.41) is 19.9. The van der Waals surface area contributed by atoms with Gasteiger partial charge >= 0.3 is 0 Å². The van der Waals surface area contributed by atoms with Gasteiger partial charge in [0.2, 0.25) is 0 Å². The van der Waals surface area contributed by atoms with E-state index in [2.05, 4.69) is 21.6 Å². The molecule has 0 bridgehead atoms. The molecule has 4 heteroatoms. The molecule has 0 atom stereocenters. The predicted octanol–water partition coefficient (Wildman–Crippen LogP) is 2.27. The van der Waals surface area contributed by atoms with E-state index < -0.39 is 0 Å². The minimum absolute atomic E-state index is 0.632. The van der Waals surface area contributed by atoms with Crippen LogP contribution in [0.25, 0.3) is 0 Å². The van der Waals surface area contributed by atoms with Crippen LogP contribution < -0.4 is 5.32 Å². The highest BCUT2D eigenvalue weighted by Crippen LogP contribution is 2.07. The molecule has 0 unspecified atom stereocenters. The third-order valence-electron chi connectivity index (χ3n) is 2.33. The van der Waals surface area contributed by atoms with Gasteiger partial charge in [0, 0.05) is 6.54 Å². The van der Waals surface area contributed by atoms with Gasteiger partial charge in [0.25, 0.3) is 0 Å². The molecule has 0 aliphatic heterocycles. The Balaban J connectivity index is 2.02. The van der Waals surface area contributed by atoms with E-state index in [1.165, 1.54) is 0 Å². The summed E-state index contributed by atoms with van der Waals surface area (Å²) < 4.78 is 0. The van der Waals surface area contributed by atoms with Crippen LogP contribution >= 0.6 is 0 Å². The summed E-state index contributed by atoms with van der Waals surface area (Å²) in [4.78, 5) is 0. The van der Waals surface area contributed by atoms with E-state index >= 15 is 0 Å². The molecule has 17 heavy (non-hydrogen) atoms. The van der Waals surface area contributed by atoms with Gasteiger partial charge in [-0.3, -0.25) is 0 Å². The first-order valence-corrected chi connectivity index (χ1v) is 5.31. The molecule has 84 valence electrons. The van der Waals surface area contributed by atoms with Gasteiger partial charge in [-0.1, -0.05) is 12.1 Å². The number of nitrogens with one attached hydrogen (secondary N) is 1. The predicted molar refractivity (Wildman–Crippen MR) is 65.3 cm³/mol. The zero-order valence-electron chi connectivity index (χ0n) is 9.51. The van der Waals surface area contributed by atoms with Crippen LogP contribution in [-0.2, 0) is 6.54 Å². The third kappa shape index (κ3) is 3.02. The average Bonchev–Trinajstić information content (AvgIpc) is 2.38. The van der Waals surface area contributed by atoms with E-state index in [-0.39, 0.29) is 0 Å². The molecule has 0 saturated heterocycles. The minimum atomic E-state index is 0.632. The molecule has 0 aliphatic carbocycles. The summed E-state index contributed by atoms with van der Waals surface area (Å²) in [7, 11) is 0. The van der Waals surface area contributed by atoms with Crippen LogP contribution in [0.2, 0.25) is 0 Å². The zero-order chi connectivity index (χ0) is 12.1. The number of hydrogen-bond acceptors (Lipinski definition) is 4. The van der Waals surface area contributed by atoms with Gasteiger partial charge in [0.05, 0.1) is 17.3 Å². The maximum absolute atomic E-state index is 8.79. The Hall–Kier alpha value is -2.41. The second-order valence-electron chi connectivity index (χ2n) is 3.73. The average molecular weight is 224 g/mol. The topological polar surface area (TPSA) is 61.6 Å². The van der Waals surface area contributed by atoms with Gasteiger partial charge in [-0.15, -0.1) is 5.10 Å². The summed E-state index contributed by atoms with van der Waals surface area (Å²) in [6.07, 6.45) is 0. The molecule has 0 spiro atoms. The van der Waals surface area contributed by atoms with Crippen LogP contribution in [0, 0.1) is 18.3 Å². The second-order valence-corrected chi connectivity index (χ2v) is 3.73. The summed E-state index contributed by atoms with van der Waals surface area (Å²) in [6, 6.07) is 13.4. The highest BCUT2D eigenvalue weighted by Gasteiger charge is 1.97. The second kappa shape index (κ2) is 5.08. The molecular weight excluding hydrogens is 212 g/mol. The van der Waals surface area contributed by atoms with E-state index in [1.807, 2.05) is 37.3 Å². The van der Waals surface area contributed by atoms with Gasteiger partial charge in [-0.25, -0.2) is 0 Å². The van der Waals surface area contributed by atoms with Crippen molar-refractivity contribution in [3.63, 3.8) is 0 Å². The number of benzene rings is 1. The van der Waals surface area contributed by atoms with E-state index in [0.717, 1.165) is 17.1 Å². The molecule has 0 fully saturated rings. The van der Waals surface area contributed by atoms with Gasteiger partial charge in [-0.2, -0.15) is 10.4 Å². The lowest BCUT2D eigenvalue weighted by molar-refractivity contribution is 0.963. The fourth-order valence-corrected chi connectivity index (χ4v) is 1.44. The van der Waals surface area contributed by atoms with E-state index in [9.17, 15) is 0 Å². The molecular formula is C13H12N4. The molecule has 1 N–H and O–H groups in total. The highest BCUT2D eigenvalue weighted by molar-refractivity contribution is 5.37. The summed E-state index contributed by atoms with van der Waals surface area (Å²) in [5.74, 6) is 0.734. The Morgan fingerprint density at radius 1 is 1.24 bits per heavy atom. The van der Waals surface area contributed by atoms with E-state index in [0.29, 0.717) is 12.1 Å². The quantitative estimate of drug-likeness (QED) is 0.868. The Morgan fingerprint density at radius 2 is 2.12 bits per heavy atom. The summed E-state index contributed by atoms with van der Waals surface area (Å²) in [5.41, 5.74) is 2.60. The maximum atomic E-state index is 8.79. The minimum Gasteiger partial charge on any atom is -0.365 e. The Bertz CT molecular complexity index is 540. The molecule has 0 radical (unpaired) electrons. The van der Waals surface area contributed by atoms with Gasteiger partial charge < -0.3 is 5.32 Å². The number of aromatic nitrogens is 2. The molecule has 1 heterocycles. The number of rotatable bonds is 3. The standard InChI is InChI=1S/C13H12N4/c1-10-5-6-13(17-16-10)15-9-12-4-2-3-11(7-12)8-14/h2-7H,9H2,1H3,(H,15,17). The number of anilines is 1. The van der Waals surface area contributed by atoms with Crippen molar-refractivity contribution in [2.45, 2.75) is 13.5 Å². The van der Waals surface area contributed by atoms with Crippen molar-refractivity contribution >= 4 is 5.82 Å². The zero-order valence-corrected chi connectivity index (χ0v) is 9.51. The molecule has 2 rings (SSSR count). The van der Waals surface area contributed by atoms with Gasteiger partial charge in [0.1, 0.15) is 5.82 Å². The van der Waals surface area contributed by atoms with Crippen molar-refractivity contribution in [1.82, 2.24) is 10.2 Å². The first-order chi connectivity index (χ1) is 8.28. The van der Waals surface area contributed by atoms with Crippen LogP contribution in [0.3, 0.4) is 0 Å². The van der Waals surface area contributed by atoms with Crippen molar-refractivity contribution in [2.75, 3.05) is 5.32 Å². The van der Waals surface area contributed by atoms with E-state index in [4.69, 9.17) is 5.26 Å². The first-order valence-electron chi connectivity index (χ1n) is 5.31. The third-order valence-corrected chi connectivity index (χ3v) is 2.33. The highest BCUT2D eigenvalue weighted by atomic mass is 15.2. The van der Waals surface area contributed by atoms with E-state index in [1.54, 1.807) is 6.07 Å². The Labute approximate surface area is 99.9 Å². The van der Waals surface area contributed by atoms with Crippen LogP contribution in [0.1, 0.15) is 16.8 Å². The number of nitriles is 1. The van der Waals surface area contributed by atoms with Crippen LogP contribution in [0.4, 0.5) is 5.82 Å². The molecule has 1 aromatic carbocycles. The van der Waals surface area contributed by atoms with Gasteiger partial charge in [0.15, 0.2) is 0 Å². The van der Waals surface area contributed by atoms with Crippen molar-refractivity contribution < 1.29 is 0 Å². The van der Waals surface area contributed by atoms with Crippen LogP contribution in [0.5, 0.6) is 0 Å². The number of nitrogens with zero attached hydrogens (tertiary/aromatic N) is 3. The smallest absolute Gasteiger partial charge is 0.148 e. The first kappa shape index (κ1) is 11.1. The molecule has 1 aromatic heterocycles. The molecule has 0 aliphatic rings. The molecule has 0 amide bonds. The normalized spacial score (nSPS) is 9.65. The van der Waals surface area contributed by atoms with Gasteiger partial charge in [-0.05, 0) is 36.8 Å². The van der Waals surface area contributed by atoms with Crippen molar-refractivity contribution in [3.8, 4) is 6.07 Å². The Kier molecular flexibility index (Phi) is 3.31. The molecule has 4 nitrogen and oxygen atoms in total. The van der Waals surface area contributed by atoms with Crippen LogP contribution in [-0.4, -0.2) is 10.2 Å². The summed E-state index contributed by atoms with van der Waals surface area (Å²) >= 11 is 0. The summed E-state index contributed by atoms with van der Waals surface area (Å²) in [6.45, 7) is 2.53. The lowest BCUT2D eigenvalue weighted by Crippen LogP contribution is -2.02. The fraction of sp³-hybridized carbons (Fsp3) is 0.154. The molecule has 0 saturated carbocycles. The SMILES string of the molecule is Cc1ccc(NCc2cccc(C#N)c2)nn1. The van der Waals surface area contributed by atoms with Crippen molar-refractivity contribution in [3.05, 3.63) is 53.2 Å². The number of hydrogen-bond donors (Lipinski definition) is 1. The van der Waals surface area contributed by atoms with Crippen LogP contribution in [0.15, 0.2) is 36.4 Å². The Morgan fingerprint density at radius 3 is 2.82 bits per heavy atom. The lowest BCUT2D eigenvalue weighted by atomic mass is 10.1. The monoisotopic (exact) mass is 224 g/mol. The van der Waals surface area contributed by atoms with Crippen molar-refractivity contribution in [1.29, 1.82) is 5.26 Å². The van der Waals surface area contributed by atoms with Crippen molar-refractivity contribution in [2.24, 2.45) is 0 Å². The molecule has 2 aromatic rings. The number of aryl methyl sites for hydroxylation is 1. The largest absolute Gasteiger partial charge is 0.365 e. The fourth-order valence-electron chi connectivity index (χ4n) is 1.44.